The molecule has 0 aliphatic rings. The van der Waals surface area contributed by atoms with E-state index < -0.39 is 0 Å². The van der Waals surface area contributed by atoms with Gasteiger partial charge in [-0.2, -0.15) is 0 Å². The Morgan fingerprint density at radius 2 is 1.94 bits per heavy atom. The van der Waals surface area contributed by atoms with Crippen LogP contribution in [0.15, 0.2) is 36.4 Å². The number of hydrogen-bond donors (Lipinski definition) is 1. The zero-order valence-electron chi connectivity index (χ0n) is 9.91. The lowest BCUT2D eigenvalue weighted by molar-refractivity contribution is 0.414. The van der Waals surface area contributed by atoms with Crippen LogP contribution in [0.2, 0.25) is 5.02 Å². The molecular weight excluding hydrogens is 253 g/mol. The van der Waals surface area contributed by atoms with Gasteiger partial charge in [-0.25, -0.2) is 4.39 Å². The molecule has 0 atom stereocenters. The fourth-order valence-electron chi connectivity index (χ4n) is 1.83. The van der Waals surface area contributed by atoms with Crippen LogP contribution in [0.5, 0.6) is 5.75 Å². The van der Waals surface area contributed by atoms with Crippen molar-refractivity contribution in [3.8, 4) is 16.9 Å². The summed E-state index contributed by atoms with van der Waals surface area (Å²) in [4.78, 5) is 0. The largest absolute Gasteiger partial charge is 0.497 e. The summed E-state index contributed by atoms with van der Waals surface area (Å²) in [5, 5.41) is 0.497. The summed E-state index contributed by atoms with van der Waals surface area (Å²) < 4.78 is 18.4. The summed E-state index contributed by atoms with van der Waals surface area (Å²) in [7, 11) is 1.59. The number of halogens is 2. The van der Waals surface area contributed by atoms with Crippen molar-refractivity contribution in [3.63, 3.8) is 0 Å². The van der Waals surface area contributed by atoms with Gasteiger partial charge >= 0.3 is 0 Å². The summed E-state index contributed by atoms with van der Waals surface area (Å²) >= 11 is 6.09. The molecule has 0 radical (unpaired) electrons. The second-order valence-corrected chi connectivity index (χ2v) is 4.26. The van der Waals surface area contributed by atoms with E-state index in [-0.39, 0.29) is 5.82 Å². The van der Waals surface area contributed by atoms with Gasteiger partial charge in [-0.3, -0.25) is 0 Å². The third-order valence-corrected chi connectivity index (χ3v) is 3.08. The maximum absolute atomic E-state index is 13.3. The molecule has 0 aliphatic heterocycles. The Labute approximate surface area is 110 Å². The van der Waals surface area contributed by atoms with Crippen LogP contribution >= 0.6 is 11.6 Å². The van der Waals surface area contributed by atoms with Gasteiger partial charge in [-0.15, -0.1) is 0 Å². The van der Waals surface area contributed by atoms with Crippen molar-refractivity contribution in [2.45, 2.75) is 6.54 Å². The number of benzene rings is 2. The van der Waals surface area contributed by atoms with Gasteiger partial charge in [0.1, 0.15) is 11.6 Å². The molecule has 0 aliphatic carbocycles. The van der Waals surface area contributed by atoms with E-state index in [1.54, 1.807) is 13.2 Å². The van der Waals surface area contributed by atoms with Gasteiger partial charge in [-0.05, 0) is 41.5 Å². The fourth-order valence-corrected chi connectivity index (χ4v) is 2.05. The summed E-state index contributed by atoms with van der Waals surface area (Å²) in [6, 6.07) is 9.74. The average molecular weight is 266 g/mol. The summed E-state index contributed by atoms with van der Waals surface area (Å²) in [6.07, 6.45) is 0. The summed E-state index contributed by atoms with van der Waals surface area (Å²) in [5.74, 6) is 0.389. The lowest BCUT2D eigenvalue weighted by atomic mass is 9.99. The van der Waals surface area contributed by atoms with Crippen LogP contribution in [-0.4, -0.2) is 7.11 Å². The molecule has 2 rings (SSSR count). The Hall–Kier alpha value is -1.58. The molecule has 18 heavy (non-hydrogen) atoms. The minimum Gasteiger partial charge on any atom is -0.497 e. The lowest BCUT2D eigenvalue weighted by Gasteiger charge is -2.11. The maximum Gasteiger partial charge on any atom is 0.123 e. The third kappa shape index (κ3) is 2.47. The van der Waals surface area contributed by atoms with Crippen LogP contribution in [0.4, 0.5) is 4.39 Å². The molecule has 2 aromatic carbocycles. The molecule has 0 bridgehead atoms. The monoisotopic (exact) mass is 265 g/mol. The molecule has 0 saturated heterocycles. The van der Waals surface area contributed by atoms with Crippen molar-refractivity contribution in [2.75, 3.05) is 7.11 Å². The predicted molar refractivity (Wildman–Crippen MR) is 71.3 cm³/mol. The minimum atomic E-state index is -0.326. The zero-order chi connectivity index (χ0) is 13.1. The van der Waals surface area contributed by atoms with Crippen molar-refractivity contribution in [2.24, 2.45) is 5.73 Å². The zero-order valence-corrected chi connectivity index (χ0v) is 10.7. The highest BCUT2D eigenvalue weighted by Crippen LogP contribution is 2.32. The first-order chi connectivity index (χ1) is 8.65. The van der Waals surface area contributed by atoms with Crippen molar-refractivity contribution in [1.82, 2.24) is 0 Å². The molecule has 0 amide bonds. The van der Waals surface area contributed by atoms with Gasteiger partial charge in [0.15, 0.2) is 0 Å². The summed E-state index contributed by atoms with van der Waals surface area (Å²) in [5.41, 5.74) is 8.03. The summed E-state index contributed by atoms with van der Waals surface area (Å²) in [6.45, 7) is 0.333. The van der Waals surface area contributed by atoms with Gasteiger partial charge in [0.2, 0.25) is 0 Å². The highest BCUT2D eigenvalue weighted by Gasteiger charge is 2.10. The standard InChI is InChI=1S/C14H13ClFNO/c1-18-11-3-4-12(9(6-11)8-17)13-7-10(16)2-5-14(13)15/h2-7H,8,17H2,1H3. The van der Waals surface area contributed by atoms with Crippen molar-refractivity contribution < 1.29 is 9.13 Å². The van der Waals surface area contributed by atoms with Crippen LogP contribution in [0.3, 0.4) is 0 Å². The normalized spacial score (nSPS) is 10.4. The molecule has 2 aromatic rings. The second kappa shape index (κ2) is 5.38. The topological polar surface area (TPSA) is 35.2 Å². The van der Waals surface area contributed by atoms with E-state index in [0.717, 1.165) is 11.1 Å². The van der Waals surface area contributed by atoms with Gasteiger partial charge in [0.05, 0.1) is 7.11 Å². The Kier molecular flexibility index (Phi) is 3.84. The SMILES string of the molecule is COc1ccc(-c2cc(F)ccc2Cl)c(CN)c1. The van der Waals surface area contributed by atoms with Crippen LogP contribution < -0.4 is 10.5 Å². The van der Waals surface area contributed by atoms with E-state index in [0.29, 0.717) is 22.9 Å². The Morgan fingerprint density at radius 1 is 1.17 bits per heavy atom. The first-order valence-electron chi connectivity index (χ1n) is 5.48. The first kappa shape index (κ1) is 12.9. The Morgan fingerprint density at radius 3 is 2.61 bits per heavy atom. The molecular formula is C14H13ClFNO. The van der Waals surface area contributed by atoms with Crippen molar-refractivity contribution in [1.29, 1.82) is 0 Å². The van der Waals surface area contributed by atoms with Crippen LogP contribution in [0.25, 0.3) is 11.1 Å². The molecule has 0 fully saturated rings. The number of methoxy groups -OCH3 is 1. The predicted octanol–water partition coefficient (Wildman–Crippen LogP) is 3.61. The number of ether oxygens (including phenoxy) is 1. The second-order valence-electron chi connectivity index (χ2n) is 3.85. The Balaban J connectivity index is 2.59. The molecule has 2 nitrogen and oxygen atoms in total. The first-order valence-corrected chi connectivity index (χ1v) is 5.86. The molecule has 0 aromatic heterocycles. The quantitative estimate of drug-likeness (QED) is 0.920. The molecule has 0 spiro atoms. The number of rotatable bonds is 3. The minimum absolute atomic E-state index is 0.326. The van der Waals surface area contributed by atoms with Gasteiger partial charge in [-0.1, -0.05) is 17.7 Å². The molecule has 2 N–H and O–H groups in total. The number of nitrogens with two attached hydrogens (primary N) is 1. The molecule has 94 valence electrons. The fraction of sp³-hybridized carbons (Fsp3) is 0.143. The van der Waals surface area contributed by atoms with E-state index in [1.165, 1.54) is 18.2 Å². The smallest absolute Gasteiger partial charge is 0.123 e. The number of hydrogen-bond acceptors (Lipinski definition) is 2. The average Bonchev–Trinajstić information content (AvgIpc) is 2.41. The highest BCUT2D eigenvalue weighted by molar-refractivity contribution is 6.33. The van der Waals surface area contributed by atoms with Crippen molar-refractivity contribution >= 4 is 11.6 Å². The molecule has 0 saturated carbocycles. The van der Waals surface area contributed by atoms with Crippen molar-refractivity contribution in [3.05, 3.63) is 52.8 Å². The van der Waals surface area contributed by atoms with Crippen LogP contribution in [0.1, 0.15) is 5.56 Å². The third-order valence-electron chi connectivity index (χ3n) is 2.75. The molecule has 4 heteroatoms. The van der Waals surface area contributed by atoms with Crippen LogP contribution in [-0.2, 0) is 6.54 Å². The highest BCUT2D eigenvalue weighted by atomic mass is 35.5. The maximum atomic E-state index is 13.3. The van der Waals surface area contributed by atoms with E-state index in [9.17, 15) is 4.39 Å². The van der Waals surface area contributed by atoms with E-state index in [4.69, 9.17) is 22.1 Å². The Bertz CT molecular complexity index is 572. The van der Waals surface area contributed by atoms with Gasteiger partial charge in [0.25, 0.3) is 0 Å². The van der Waals surface area contributed by atoms with Crippen LogP contribution in [0, 0.1) is 5.82 Å². The van der Waals surface area contributed by atoms with E-state index in [1.807, 2.05) is 12.1 Å². The lowest BCUT2D eigenvalue weighted by Crippen LogP contribution is -2.00. The molecule has 0 heterocycles. The van der Waals surface area contributed by atoms with Gasteiger partial charge in [0, 0.05) is 17.1 Å². The van der Waals surface area contributed by atoms with E-state index >= 15 is 0 Å². The van der Waals surface area contributed by atoms with Gasteiger partial charge < -0.3 is 10.5 Å². The van der Waals surface area contributed by atoms with E-state index in [2.05, 4.69) is 0 Å². The molecule has 0 unspecified atom stereocenters.